The predicted octanol–water partition coefficient (Wildman–Crippen LogP) is 2.37. The summed E-state index contributed by atoms with van der Waals surface area (Å²) >= 11 is 1.35. The second-order valence-corrected chi connectivity index (χ2v) is 6.39. The summed E-state index contributed by atoms with van der Waals surface area (Å²) in [7, 11) is 0. The van der Waals surface area contributed by atoms with Crippen molar-refractivity contribution in [1.82, 2.24) is 14.5 Å². The van der Waals surface area contributed by atoms with Crippen molar-refractivity contribution in [1.29, 1.82) is 0 Å². The lowest BCUT2D eigenvalue weighted by Crippen LogP contribution is -2.36. The molecule has 0 bridgehead atoms. The summed E-state index contributed by atoms with van der Waals surface area (Å²) in [5.74, 6) is 0.218. The highest BCUT2D eigenvalue weighted by molar-refractivity contribution is 7.22. The molecular weight excluding hydrogens is 290 g/mol. The SMILES string of the molecule is Cc1c(-c2cocn2)sc2[nH]c(=O)n(CC(C)C)c(=O)c12. The molecule has 0 aliphatic heterocycles. The van der Waals surface area contributed by atoms with Crippen LogP contribution in [0.4, 0.5) is 0 Å². The second-order valence-electron chi connectivity index (χ2n) is 5.37. The summed E-state index contributed by atoms with van der Waals surface area (Å²) in [6.45, 7) is 6.20. The van der Waals surface area contributed by atoms with Crippen molar-refractivity contribution in [2.24, 2.45) is 5.92 Å². The fourth-order valence-corrected chi connectivity index (χ4v) is 3.50. The van der Waals surface area contributed by atoms with Gasteiger partial charge in [-0.2, -0.15) is 0 Å². The smallest absolute Gasteiger partial charge is 0.329 e. The normalized spacial score (nSPS) is 11.6. The Bertz CT molecular complexity index is 900. The van der Waals surface area contributed by atoms with Crippen LogP contribution in [-0.2, 0) is 6.54 Å². The van der Waals surface area contributed by atoms with E-state index in [1.54, 1.807) is 0 Å². The molecule has 3 aromatic heterocycles. The number of fused-ring (bicyclic) bond motifs is 1. The molecule has 0 spiro atoms. The van der Waals surface area contributed by atoms with Crippen LogP contribution < -0.4 is 11.2 Å². The van der Waals surface area contributed by atoms with Gasteiger partial charge in [-0.1, -0.05) is 13.8 Å². The molecule has 0 atom stereocenters. The number of aromatic amines is 1. The number of aryl methyl sites for hydroxylation is 1. The number of oxazole rings is 1. The van der Waals surface area contributed by atoms with E-state index >= 15 is 0 Å². The lowest BCUT2D eigenvalue weighted by atomic mass is 10.2. The highest BCUT2D eigenvalue weighted by Crippen LogP contribution is 2.34. The third-order valence-electron chi connectivity index (χ3n) is 3.28. The average molecular weight is 305 g/mol. The van der Waals surface area contributed by atoms with Gasteiger partial charge < -0.3 is 4.42 Å². The monoisotopic (exact) mass is 305 g/mol. The van der Waals surface area contributed by atoms with E-state index in [1.807, 2.05) is 20.8 Å². The van der Waals surface area contributed by atoms with Gasteiger partial charge in [0.25, 0.3) is 5.56 Å². The van der Waals surface area contributed by atoms with Crippen molar-refractivity contribution in [3.63, 3.8) is 0 Å². The molecule has 0 radical (unpaired) electrons. The number of hydrogen-bond acceptors (Lipinski definition) is 5. The Balaban J connectivity index is 2.31. The Hall–Kier alpha value is -2.15. The van der Waals surface area contributed by atoms with Gasteiger partial charge >= 0.3 is 5.69 Å². The summed E-state index contributed by atoms with van der Waals surface area (Å²) in [5.41, 5.74) is 0.882. The predicted molar refractivity (Wildman–Crippen MR) is 81.8 cm³/mol. The lowest BCUT2D eigenvalue weighted by molar-refractivity contribution is 0.496. The Morgan fingerprint density at radius 2 is 2.19 bits per heavy atom. The van der Waals surface area contributed by atoms with Crippen LogP contribution in [0.3, 0.4) is 0 Å². The van der Waals surface area contributed by atoms with Crippen LogP contribution in [-0.4, -0.2) is 14.5 Å². The van der Waals surface area contributed by atoms with Crippen molar-refractivity contribution in [3.8, 4) is 10.6 Å². The Kier molecular flexibility index (Phi) is 3.29. The number of hydrogen-bond donors (Lipinski definition) is 1. The first-order valence-electron chi connectivity index (χ1n) is 6.63. The van der Waals surface area contributed by atoms with Crippen LogP contribution in [0.2, 0.25) is 0 Å². The molecule has 21 heavy (non-hydrogen) atoms. The molecule has 0 amide bonds. The molecule has 1 N–H and O–H groups in total. The number of nitrogens with zero attached hydrogens (tertiary/aromatic N) is 2. The van der Waals surface area contributed by atoms with Gasteiger partial charge in [-0.3, -0.25) is 14.3 Å². The summed E-state index contributed by atoms with van der Waals surface area (Å²) in [6.07, 6.45) is 2.88. The number of rotatable bonds is 3. The first-order valence-corrected chi connectivity index (χ1v) is 7.45. The van der Waals surface area contributed by atoms with E-state index in [-0.39, 0.29) is 17.2 Å². The molecule has 3 rings (SSSR count). The number of thiophene rings is 1. The van der Waals surface area contributed by atoms with Crippen LogP contribution in [0.25, 0.3) is 20.8 Å². The summed E-state index contributed by atoms with van der Waals surface area (Å²) < 4.78 is 6.25. The van der Waals surface area contributed by atoms with Crippen LogP contribution in [0.1, 0.15) is 19.4 Å². The molecule has 6 nitrogen and oxygen atoms in total. The van der Waals surface area contributed by atoms with Gasteiger partial charge in [-0.15, -0.1) is 11.3 Å². The minimum absolute atomic E-state index is 0.218. The third-order valence-corrected chi connectivity index (χ3v) is 4.51. The van der Waals surface area contributed by atoms with E-state index in [9.17, 15) is 9.59 Å². The van der Waals surface area contributed by atoms with Gasteiger partial charge in [0.05, 0.1) is 10.3 Å². The first-order chi connectivity index (χ1) is 9.99. The van der Waals surface area contributed by atoms with E-state index in [0.717, 1.165) is 10.4 Å². The standard InChI is InChI=1S/C14H15N3O3S/c1-7(2)4-17-13(18)10-8(3)11(9-5-20-6-15-9)21-12(10)16-14(17)19/h5-7H,4H2,1-3H3,(H,16,19). The van der Waals surface area contributed by atoms with Gasteiger partial charge in [0.2, 0.25) is 0 Å². The molecule has 0 saturated carbocycles. The van der Waals surface area contributed by atoms with Crippen LogP contribution in [0.5, 0.6) is 0 Å². The maximum Gasteiger partial charge on any atom is 0.329 e. The van der Waals surface area contributed by atoms with Crippen LogP contribution in [0.15, 0.2) is 26.7 Å². The van der Waals surface area contributed by atoms with Crippen molar-refractivity contribution < 1.29 is 4.42 Å². The quantitative estimate of drug-likeness (QED) is 0.805. The van der Waals surface area contributed by atoms with Crippen molar-refractivity contribution in [2.45, 2.75) is 27.3 Å². The van der Waals surface area contributed by atoms with E-state index in [1.165, 1.54) is 28.6 Å². The number of nitrogens with one attached hydrogen (secondary N) is 1. The zero-order chi connectivity index (χ0) is 15.1. The highest BCUT2D eigenvalue weighted by atomic mass is 32.1. The molecule has 0 aromatic carbocycles. The fourth-order valence-electron chi connectivity index (χ4n) is 2.35. The molecule has 0 aliphatic carbocycles. The van der Waals surface area contributed by atoms with Gasteiger partial charge in [0.15, 0.2) is 6.39 Å². The Labute approximate surface area is 124 Å². The minimum Gasteiger partial charge on any atom is -0.451 e. The maximum absolute atomic E-state index is 12.6. The first kappa shape index (κ1) is 13.8. The summed E-state index contributed by atoms with van der Waals surface area (Å²) in [4.78, 5) is 33.0. The molecule has 3 heterocycles. The van der Waals surface area contributed by atoms with Crippen LogP contribution in [0, 0.1) is 12.8 Å². The van der Waals surface area contributed by atoms with Crippen molar-refractivity contribution >= 4 is 21.6 Å². The molecule has 0 aliphatic rings. The van der Waals surface area contributed by atoms with E-state index in [0.29, 0.717) is 22.5 Å². The second kappa shape index (κ2) is 5.00. The zero-order valence-electron chi connectivity index (χ0n) is 12.0. The van der Waals surface area contributed by atoms with Crippen molar-refractivity contribution in [3.05, 3.63) is 39.1 Å². The summed E-state index contributed by atoms with van der Waals surface area (Å²) in [6, 6.07) is 0. The maximum atomic E-state index is 12.6. The topological polar surface area (TPSA) is 80.9 Å². The average Bonchev–Trinajstić information content (AvgIpc) is 3.02. The van der Waals surface area contributed by atoms with Gasteiger partial charge in [-0.25, -0.2) is 9.78 Å². The molecule has 7 heteroatoms. The molecule has 3 aromatic rings. The largest absolute Gasteiger partial charge is 0.451 e. The van der Waals surface area contributed by atoms with E-state index in [4.69, 9.17) is 4.42 Å². The molecule has 0 fully saturated rings. The van der Waals surface area contributed by atoms with E-state index in [2.05, 4.69) is 9.97 Å². The number of H-pyrrole nitrogens is 1. The van der Waals surface area contributed by atoms with Gasteiger partial charge in [-0.05, 0) is 18.4 Å². The van der Waals surface area contributed by atoms with Gasteiger partial charge in [0, 0.05) is 6.54 Å². The Morgan fingerprint density at radius 3 is 2.81 bits per heavy atom. The fraction of sp³-hybridized carbons (Fsp3) is 0.357. The Morgan fingerprint density at radius 1 is 1.43 bits per heavy atom. The summed E-state index contributed by atoms with van der Waals surface area (Å²) in [5, 5.41) is 0.554. The number of aromatic nitrogens is 3. The zero-order valence-corrected chi connectivity index (χ0v) is 12.8. The molecular formula is C14H15N3O3S. The van der Waals surface area contributed by atoms with Crippen molar-refractivity contribution in [2.75, 3.05) is 0 Å². The van der Waals surface area contributed by atoms with E-state index < -0.39 is 0 Å². The lowest BCUT2D eigenvalue weighted by Gasteiger charge is -2.07. The van der Waals surface area contributed by atoms with Gasteiger partial charge in [0.1, 0.15) is 16.8 Å². The highest BCUT2D eigenvalue weighted by Gasteiger charge is 2.18. The minimum atomic E-state index is -0.367. The third kappa shape index (κ3) is 2.23. The molecule has 0 saturated heterocycles. The molecule has 110 valence electrons. The van der Waals surface area contributed by atoms with Crippen LogP contribution >= 0.6 is 11.3 Å². The molecule has 0 unspecified atom stereocenters.